The summed E-state index contributed by atoms with van der Waals surface area (Å²) in [6.45, 7) is 1.92. The van der Waals surface area contributed by atoms with Gasteiger partial charge >= 0.3 is 12.5 Å². The van der Waals surface area contributed by atoms with Gasteiger partial charge in [-0.1, -0.05) is 18.2 Å². The lowest BCUT2D eigenvalue weighted by atomic mass is 10.3. The normalized spacial score (nSPS) is 9.13. The third-order valence-electron chi connectivity index (χ3n) is 1.58. The predicted octanol–water partition coefficient (Wildman–Crippen LogP) is 1.22. The first kappa shape index (κ1) is 11.0. The van der Waals surface area contributed by atoms with E-state index < -0.39 is 6.09 Å². The van der Waals surface area contributed by atoms with E-state index in [2.05, 4.69) is 10.2 Å². The summed E-state index contributed by atoms with van der Waals surface area (Å²) in [7, 11) is 0. The third-order valence-corrected chi connectivity index (χ3v) is 1.58. The number of hydrogen-bond donors (Lipinski definition) is 1. The molecule has 2 amide bonds. The van der Waals surface area contributed by atoms with Crippen LogP contribution >= 0.6 is 0 Å². The lowest BCUT2D eigenvalue weighted by molar-refractivity contribution is 0.152. The standard InChI is InChI=1S/C10H11N2O3/c1-2-15-10(14)11-12(8-13)9-6-4-3-5-7-9/h3-7H,2H2,1H3,(H,11,14). The van der Waals surface area contributed by atoms with Crippen LogP contribution in [0.2, 0.25) is 0 Å². The number of nitrogens with zero attached hydrogens (tertiary/aromatic N) is 1. The van der Waals surface area contributed by atoms with Gasteiger partial charge < -0.3 is 4.74 Å². The molecule has 1 rings (SSSR count). The summed E-state index contributed by atoms with van der Waals surface area (Å²) in [5.41, 5.74) is 2.75. The zero-order valence-corrected chi connectivity index (χ0v) is 8.27. The average molecular weight is 207 g/mol. The second-order valence-corrected chi connectivity index (χ2v) is 2.59. The third kappa shape index (κ3) is 3.30. The lowest BCUT2D eigenvalue weighted by Crippen LogP contribution is -2.41. The summed E-state index contributed by atoms with van der Waals surface area (Å²) in [6.07, 6.45) is 0.889. The van der Waals surface area contributed by atoms with Gasteiger partial charge in [0.25, 0.3) is 0 Å². The largest absolute Gasteiger partial charge is 0.449 e. The molecular weight excluding hydrogens is 196 g/mol. The summed E-state index contributed by atoms with van der Waals surface area (Å²) >= 11 is 0. The first-order chi connectivity index (χ1) is 7.27. The minimum absolute atomic E-state index is 0.243. The molecule has 1 aromatic rings. The van der Waals surface area contributed by atoms with Gasteiger partial charge in [-0.3, -0.25) is 4.79 Å². The molecule has 0 aliphatic heterocycles. The number of para-hydroxylation sites is 1. The van der Waals surface area contributed by atoms with Gasteiger partial charge in [0.05, 0.1) is 12.3 Å². The number of hydrogen-bond acceptors (Lipinski definition) is 3. The van der Waals surface area contributed by atoms with E-state index in [4.69, 9.17) is 0 Å². The van der Waals surface area contributed by atoms with Gasteiger partial charge in [0, 0.05) is 0 Å². The van der Waals surface area contributed by atoms with Crippen molar-refractivity contribution in [3.63, 3.8) is 0 Å². The van der Waals surface area contributed by atoms with Gasteiger partial charge in [-0.05, 0) is 19.1 Å². The molecule has 1 aromatic carbocycles. The molecule has 0 heterocycles. The Kier molecular flexibility index (Phi) is 4.15. The van der Waals surface area contributed by atoms with Crippen LogP contribution in [0.5, 0.6) is 0 Å². The van der Waals surface area contributed by atoms with Crippen molar-refractivity contribution in [1.29, 1.82) is 0 Å². The molecule has 0 spiro atoms. The zero-order valence-electron chi connectivity index (χ0n) is 8.27. The first-order valence-corrected chi connectivity index (χ1v) is 4.44. The Hall–Kier alpha value is -2.04. The van der Waals surface area contributed by atoms with E-state index in [1.54, 1.807) is 43.7 Å². The number of anilines is 1. The van der Waals surface area contributed by atoms with Crippen molar-refractivity contribution in [3.8, 4) is 0 Å². The van der Waals surface area contributed by atoms with Crippen molar-refractivity contribution < 1.29 is 14.3 Å². The highest BCUT2D eigenvalue weighted by atomic mass is 16.6. The van der Waals surface area contributed by atoms with Gasteiger partial charge in [0.15, 0.2) is 0 Å². The summed E-state index contributed by atoms with van der Waals surface area (Å²) < 4.78 is 4.63. The van der Waals surface area contributed by atoms with Crippen molar-refractivity contribution >= 4 is 18.2 Å². The Morgan fingerprint density at radius 2 is 2.13 bits per heavy atom. The van der Waals surface area contributed by atoms with Crippen molar-refractivity contribution in [2.24, 2.45) is 0 Å². The minimum Gasteiger partial charge on any atom is -0.449 e. The van der Waals surface area contributed by atoms with Gasteiger partial charge in [-0.15, -0.1) is 0 Å². The molecule has 0 aromatic heterocycles. The fourth-order valence-corrected chi connectivity index (χ4v) is 0.972. The summed E-state index contributed by atoms with van der Waals surface area (Å²) in [6, 6.07) is 8.62. The zero-order chi connectivity index (χ0) is 11.1. The summed E-state index contributed by atoms with van der Waals surface area (Å²) in [4.78, 5) is 21.6. The number of carbonyl (C=O) groups is 1. The van der Waals surface area contributed by atoms with Crippen molar-refractivity contribution in [1.82, 2.24) is 5.43 Å². The Labute approximate surface area is 87.6 Å². The number of amides is 2. The quantitative estimate of drug-likeness (QED) is 0.596. The minimum atomic E-state index is -0.690. The highest BCUT2D eigenvalue weighted by molar-refractivity contribution is 5.81. The van der Waals surface area contributed by atoms with Crippen LogP contribution in [0.4, 0.5) is 10.5 Å². The molecule has 1 N–H and O–H groups in total. The van der Waals surface area contributed by atoms with Gasteiger partial charge in [0.1, 0.15) is 0 Å². The number of nitrogens with one attached hydrogen (secondary N) is 1. The average Bonchev–Trinajstić information content (AvgIpc) is 2.27. The van der Waals surface area contributed by atoms with E-state index in [0.29, 0.717) is 5.69 Å². The Balaban J connectivity index is 2.65. The van der Waals surface area contributed by atoms with E-state index >= 15 is 0 Å². The molecule has 0 unspecified atom stereocenters. The molecule has 5 heteroatoms. The molecule has 0 aliphatic carbocycles. The Morgan fingerprint density at radius 1 is 1.47 bits per heavy atom. The molecule has 0 fully saturated rings. The van der Waals surface area contributed by atoms with Gasteiger partial charge in [-0.25, -0.2) is 15.2 Å². The van der Waals surface area contributed by atoms with Crippen LogP contribution in [-0.2, 0) is 9.53 Å². The second-order valence-electron chi connectivity index (χ2n) is 2.59. The number of ether oxygens (including phenoxy) is 1. The van der Waals surface area contributed by atoms with Crippen LogP contribution in [0.3, 0.4) is 0 Å². The number of benzene rings is 1. The number of hydrazine groups is 1. The van der Waals surface area contributed by atoms with E-state index in [1.165, 1.54) is 0 Å². The monoisotopic (exact) mass is 207 g/mol. The number of carbonyl (C=O) groups excluding carboxylic acids is 2. The maximum Gasteiger partial charge on any atom is 0.426 e. The fraction of sp³-hybridized carbons (Fsp3) is 0.200. The van der Waals surface area contributed by atoms with E-state index in [0.717, 1.165) is 5.01 Å². The smallest absolute Gasteiger partial charge is 0.426 e. The topological polar surface area (TPSA) is 58.6 Å². The SMILES string of the molecule is CCOC(=O)NN([C]=O)c1ccccc1. The van der Waals surface area contributed by atoms with Crippen LogP contribution in [0, 0.1) is 0 Å². The van der Waals surface area contributed by atoms with Crippen LogP contribution < -0.4 is 10.4 Å². The molecule has 15 heavy (non-hydrogen) atoms. The number of rotatable bonds is 4. The maximum absolute atomic E-state index is 11.0. The summed E-state index contributed by atoms with van der Waals surface area (Å²) in [5, 5.41) is 0.929. The van der Waals surface area contributed by atoms with Gasteiger partial charge in [0.2, 0.25) is 0 Å². The fourth-order valence-electron chi connectivity index (χ4n) is 0.972. The summed E-state index contributed by atoms with van der Waals surface area (Å²) in [5.74, 6) is 0. The van der Waals surface area contributed by atoms with E-state index in [9.17, 15) is 9.59 Å². The molecule has 0 atom stereocenters. The second kappa shape index (κ2) is 5.64. The maximum atomic E-state index is 11.0. The van der Waals surface area contributed by atoms with Crippen molar-refractivity contribution in [2.45, 2.75) is 6.92 Å². The Bertz CT molecular complexity index is 327. The molecule has 0 saturated carbocycles. The van der Waals surface area contributed by atoms with Gasteiger partial charge in [-0.2, -0.15) is 0 Å². The first-order valence-electron chi connectivity index (χ1n) is 4.44. The molecule has 79 valence electrons. The molecule has 0 aliphatic rings. The van der Waals surface area contributed by atoms with Crippen molar-refractivity contribution in [2.75, 3.05) is 11.6 Å². The van der Waals surface area contributed by atoms with Crippen LogP contribution in [0.15, 0.2) is 30.3 Å². The van der Waals surface area contributed by atoms with Crippen LogP contribution in [0.1, 0.15) is 6.92 Å². The molecule has 0 bridgehead atoms. The van der Waals surface area contributed by atoms with Crippen LogP contribution in [0.25, 0.3) is 0 Å². The molecule has 1 radical (unpaired) electrons. The molecule has 0 saturated heterocycles. The highest BCUT2D eigenvalue weighted by Crippen LogP contribution is 2.08. The molecule has 5 nitrogen and oxygen atoms in total. The van der Waals surface area contributed by atoms with E-state index in [1.807, 2.05) is 0 Å². The lowest BCUT2D eigenvalue weighted by Gasteiger charge is -2.16. The molecular formula is C10H11N2O3. The predicted molar refractivity (Wildman–Crippen MR) is 54.8 cm³/mol. The van der Waals surface area contributed by atoms with Crippen molar-refractivity contribution in [3.05, 3.63) is 30.3 Å². The Morgan fingerprint density at radius 3 is 2.67 bits per heavy atom. The van der Waals surface area contributed by atoms with E-state index in [-0.39, 0.29) is 6.61 Å². The highest BCUT2D eigenvalue weighted by Gasteiger charge is 2.09. The van der Waals surface area contributed by atoms with Crippen LogP contribution in [-0.4, -0.2) is 19.1 Å².